The number of hydrogen-bond donors (Lipinski definition) is 1. The fourth-order valence-corrected chi connectivity index (χ4v) is 3.53. The molecule has 0 amide bonds. The van der Waals surface area contributed by atoms with Crippen molar-refractivity contribution in [3.8, 4) is 16.9 Å². The number of phenolic OH excluding ortho intramolecular Hbond substituents is 1. The van der Waals surface area contributed by atoms with Gasteiger partial charge in [-0.2, -0.15) is 0 Å². The van der Waals surface area contributed by atoms with Crippen LogP contribution in [0.5, 0.6) is 5.75 Å². The maximum Gasteiger partial charge on any atom is 0.126 e. The molecule has 0 radical (unpaired) electrons. The summed E-state index contributed by atoms with van der Waals surface area (Å²) in [4.78, 5) is 2.20. The van der Waals surface area contributed by atoms with Crippen molar-refractivity contribution >= 4 is 11.8 Å². The molecule has 1 N–H and O–H groups in total. The Labute approximate surface area is 146 Å². The van der Waals surface area contributed by atoms with Crippen molar-refractivity contribution in [2.75, 3.05) is 0 Å². The van der Waals surface area contributed by atoms with Crippen LogP contribution in [0.25, 0.3) is 11.1 Å². The molecule has 0 unspecified atom stereocenters. The van der Waals surface area contributed by atoms with E-state index in [2.05, 4.69) is 26.0 Å². The monoisotopic (exact) mass is 338 g/mol. The van der Waals surface area contributed by atoms with Gasteiger partial charge in [-0.05, 0) is 53.4 Å². The maximum absolute atomic E-state index is 13.2. The number of aromatic hydroxyl groups is 1. The molecule has 1 nitrogen and oxygen atoms in total. The fraction of sp³-hybridized carbons (Fsp3) is 0.143. The molecule has 0 heterocycles. The van der Waals surface area contributed by atoms with Crippen LogP contribution in [-0.2, 0) is 0 Å². The second-order valence-corrected chi connectivity index (χ2v) is 7.13. The van der Waals surface area contributed by atoms with Crippen LogP contribution in [0.1, 0.15) is 25.3 Å². The van der Waals surface area contributed by atoms with E-state index in [0.717, 1.165) is 26.5 Å². The molecule has 0 saturated carbocycles. The van der Waals surface area contributed by atoms with E-state index in [4.69, 9.17) is 0 Å². The third-order valence-electron chi connectivity index (χ3n) is 3.87. The lowest BCUT2D eigenvalue weighted by atomic mass is 9.95. The van der Waals surface area contributed by atoms with Crippen molar-refractivity contribution in [1.82, 2.24) is 0 Å². The molecule has 3 aromatic rings. The second kappa shape index (κ2) is 7.10. The number of phenols is 1. The molecular weight excluding hydrogens is 319 g/mol. The molecule has 122 valence electrons. The van der Waals surface area contributed by atoms with E-state index < -0.39 is 0 Å². The minimum absolute atomic E-state index is 0.195. The van der Waals surface area contributed by atoms with Crippen LogP contribution in [0.4, 0.5) is 4.39 Å². The summed E-state index contributed by atoms with van der Waals surface area (Å²) in [6.45, 7) is 4.11. The summed E-state index contributed by atoms with van der Waals surface area (Å²) in [5.41, 5.74) is 2.45. The van der Waals surface area contributed by atoms with Crippen molar-refractivity contribution in [2.45, 2.75) is 29.6 Å². The van der Waals surface area contributed by atoms with Gasteiger partial charge in [0.05, 0.1) is 0 Å². The molecule has 0 spiro atoms. The first-order valence-electron chi connectivity index (χ1n) is 7.90. The number of hydrogen-bond acceptors (Lipinski definition) is 2. The highest BCUT2D eigenvalue weighted by Gasteiger charge is 2.15. The fourth-order valence-electron chi connectivity index (χ4n) is 2.60. The van der Waals surface area contributed by atoms with E-state index in [1.54, 1.807) is 23.9 Å². The Hall–Kier alpha value is -2.26. The van der Waals surface area contributed by atoms with Gasteiger partial charge in [0, 0.05) is 15.4 Å². The van der Waals surface area contributed by atoms with Crippen LogP contribution in [0.3, 0.4) is 0 Å². The molecule has 0 saturated heterocycles. The third kappa shape index (κ3) is 3.62. The van der Waals surface area contributed by atoms with Gasteiger partial charge in [0.1, 0.15) is 11.6 Å². The van der Waals surface area contributed by atoms with Gasteiger partial charge < -0.3 is 5.11 Å². The number of rotatable bonds is 4. The Kier molecular flexibility index (Phi) is 4.91. The predicted octanol–water partition coefficient (Wildman–Crippen LogP) is 6.47. The Morgan fingerprint density at radius 2 is 1.54 bits per heavy atom. The van der Waals surface area contributed by atoms with E-state index in [1.165, 1.54) is 12.1 Å². The Bertz CT molecular complexity index is 826. The SMILES string of the molecule is CC(C)c1cc(Sc2ccccc2)cc(-c2ccc(F)cc2)c1O. The lowest BCUT2D eigenvalue weighted by Crippen LogP contribution is -1.92. The molecular formula is C21H19FOS. The first-order chi connectivity index (χ1) is 11.5. The Balaban J connectivity index is 2.08. The van der Waals surface area contributed by atoms with Crippen LogP contribution in [0, 0.1) is 5.82 Å². The van der Waals surface area contributed by atoms with Gasteiger partial charge in [-0.15, -0.1) is 0 Å². The number of halogens is 1. The molecule has 0 bridgehead atoms. The van der Waals surface area contributed by atoms with Gasteiger partial charge in [-0.1, -0.05) is 55.9 Å². The summed E-state index contributed by atoms with van der Waals surface area (Å²) in [5, 5.41) is 10.7. The highest BCUT2D eigenvalue weighted by atomic mass is 32.2. The van der Waals surface area contributed by atoms with Gasteiger partial charge in [-0.25, -0.2) is 4.39 Å². The van der Waals surface area contributed by atoms with Crippen molar-refractivity contribution < 1.29 is 9.50 Å². The second-order valence-electron chi connectivity index (χ2n) is 5.99. The van der Waals surface area contributed by atoms with Gasteiger partial charge in [0.25, 0.3) is 0 Å². The average molecular weight is 338 g/mol. The molecule has 0 fully saturated rings. The topological polar surface area (TPSA) is 20.2 Å². The Morgan fingerprint density at radius 3 is 2.17 bits per heavy atom. The first kappa shape index (κ1) is 16.6. The summed E-state index contributed by atoms with van der Waals surface area (Å²) in [7, 11) is 0. The zero-order valence-corrected chi connectivity index (χ0v) is 14.5. The van der Waals surface area contributed by atoms with Crippen LogP contribution in [0.15, 0.2) is 76.5 Å². The van der Waals surface area contributed by atoms with Gasteiger partial charge in [0.15, 0.2) is 0 Å². The minimum atomic E-state index is -0.280. The summed E-state index contributed by atoms with van der Waals surface area (Å²) < 4.78 is 13.2. The summed E-state index contributed by atoms with van der Waals surface area (Å²) in [6, 6.07) is 20.4. The smallest absolute Gasteiger partial charge is 0.126 e. The first-order valence-corrected chi connectivity index (χ1v) is 8.72. The van der Waals surface area contributed by atoms with Gasteiger partial charge >= 0.3 is 0 Å². The molecule has 3 heteroatoms. The maximum atomic E-state index is 13.2. The summed E-state index contributed by atoms with van der Waals surface area (Å²) in [6.07, 6.45) is 0. The van der Waals surface area contributed by atoms with E-state index in [9.17, 15) is 9.50 Å². The molecule has 0 aliphatic rings. The molecule has 0 aromatic heterocycles. The Morgan fingerprint density at radius 1 is 0.875 bits per heavy atom. The van der Waals surface area contributed by atoms with Crippen LogP contribution >= 0.6 is 11.8 Å². The number of benzene rings is 3. The van der Waals surface area contributed by atoms with Crippen molar-refractivity contribution in [2.24, 2.45) is 0 Å². The van der Waals surface area contributed by atoms with Gasteiger partial charge in [0.2, 0.25) is 0 Å². The van der Waals surface area contributed by atoms with Crippen molar-refractivity contribution in [1.29, 1.82) is 0 Å². The molecule has 0 aliphatic heterocycles. The summed E-state index contributed by atoms with van der Waals surface area (Å²) >= 11 is 1.65. The highest BCUT2D eigenvalue weighted by molar-refractivity contribution is 7.99. The van der Waals surface area contributed by atoms with E-state index in [0.29, 0.717) is 0 Å². The predicted molar refractivity (Wildman–Crippen MR) is 98.2 cm³/mol. The zero-order valence-electron chi connectivity index (χ0n) is 13.7. The van der Waals surface area contributed by atoms with Crippen LogP contribution < -0.4 is 0 Å². The van der Waals surface area contributed by atoms with E-state index in [-0.39, 0.29) is 17.5 Å². The lowest BCUT2D eigenvalue weighted by molar-refractivity contribution is 0.466. The highest BCUT2D eigenvalue weighted by Crippen LogP contribution is 2.41. The molecule has 0 aliphatic carbocycles. The van der Waals surface area contributed by atoms with Crippen molar-refractivity contribution in [3.05, 3.63) is 78.1 Å². The average Bonchev–Trinajstić information content (AvgIpc) is 2.58. The standard InChI is InChI=1S/C21H19FOS/c1-14(2)19-12-18(24-17-6-4-3-5-7-17)13-20(21(19)23)15-8-10-16(22)11-9-15/h3-14,23H,1-2H3. The third-order valence-corrected chi connectivity index (χ3v) is 4.85. The quantitative estimate of drug-likeness (QED) is 0.588. The minimum Gasteiger partial charge on any atom is -0.507 e. The van der Waals surface area contributed by atoms with Crippen LogP contribution in [0.2, 0.25) is 0 Å². The van der Waals surface area contributed by atoms with Gasteiger partial charge in [-0.3, -0.25) is 0 Å². The zero-order chi connectivity index (χ0) is 17.1. The lowest BCUT2D eigenvalue weighted by Gasteiger charge is -2.15. The molecule has 0 atom stereocenters. The van der Waals surface area contributed by atoms with Crippen molar-refractivity contribution in [3.63, 3.8) is 0 Å². The normalized spacial score (nSPS) is 11.0. The molecule has 24 heavy (non-hydrogen) atoms. The van der Waals surface area contributed by atoms with E-state index >= 15 is 0 Å². The largest absolute Gasteiger partial charge is 0.507 e. The molecule has 3 aromatic carbocycles. The van der Waals surface area contributed by atoms with E-state index in [1.807, 2.05) is 30.3 Å². The molecule has 3 rings (SSSR count). The van der Waals surface area contributed by atoms with Crippen LogP contribution in [-0.4, -0.2) is 5.11 Å². The summed E-state index contributed by atoms with van der Waals surface area (Å²) in [5.74, 6) is 0.187.